The average molecular weight is 401 g/mol. The van der Waals surface area contributed by atoms with Crippen LogP contribution in [0.5, 0.6) is 5.75 Å². The second-order valence-corrected chi connectivity index (χ2v) is 7.24. The summed E-state index contributed by atoms with van der Waals surface area (Å²) < 4.78 is 6.64. The third kappa shape index (κ3) is 4.50. The van der Waals surface area contributed by atoms with Crippen molar-refractivity contribution in [2.75, 3.05) is 20.6 Å². The molecule has 0 aliphatic rings. The number of nitrogens with one attached hydrogen (secondary N) is 1. The number of likely N-dealkylation sites (N-methyl/N-ethyl adjacent to an activating group) is 1. The van der Waals surface area contributed by atoms with E-state index in [2.05, 4.69) is 25.8 Å². The zero-order valence-electron chi connectivity index (χ0n) is 14.4. The van der Waals surface area contributed by atoms with Crippen molar-refractivity contribution in [2.24, 2.45) is 0 Å². The lowest BCUT2D eigenvalue weighted by Gasteiger charge is -2.10. The van der Waals surface area contributed by atoms with E-state index in [9.17, 15) is 4.79 Å². The molecule has 0 aliphatic heterocycles. The number of hydrogen-bond acceptors (Lipinski definition) is 3. The molecular weight excluding hydrogens is 380 g/mol. The van der Waals surface area contributed by atoms with Crippen molar-refractivity contribution >= 4 is 32.8 Å². The number of aromatic nitrogens is 1. The molecule has 1 N–H and O–H groups in total. The average Bonchev–Trinajstić information content (AvgIpc) is 2.97. The molecule has 130 valence electrons. The van der Waals surface area contributed by atoms with Gasteiger partial charge in [0.05, 0.1) is 6.42 Å². The molecule has 3 rings (SSSR count). The fraction of sp³-hybridized carbons (Fsp3) is 0.250. The van der Waals surface area contributed by atoms with E-state index in [1.165, 1.54) is 0 Å². The Morgan fingerprint density at radius 3 is 2.76 bits per heavy atom. The summed E-state index contributed by atoms with van der Waals surface area (Å²) in [5.74, 6) is 0.359. The van der Waals surface area contributed by atoms with Crippen LogP contribution < -0.4 is 4.74 Å². The first-order valence-electron chi connectivity index (χ1n) is 8.22. The Hall–Kier alpha value is -2.11. The van der Waals surface area contributed by atoms with Gasteiger partial charge in [-0.2, -0.15) is 0 Å². The summed E-state index contributed by atoms with van der Waals surface area (Å²) in [5.41, 5.74) is 3.07. The molecular formula is C20H21BrN2O2. The Morgan fingerprint density at radius 2 is 2.00 bits per heavy atom. The maximum Gasteiger partial charge on any atom is 0.315 e. The minimum atomic E-state index is -0.259. The molecule has 0 bridgehead atoms. The minimum Gasteiger partial charge on any atom is -0.426 e. The quantitative estimate of drug-likeness (QED) is 0.498. The number of hydrogen-bond donors (Lipinski definition) is 1. The number of nitrogens with zero attached hydrogens (tertiary/aromatic N) is 1. The largest absolute Gasteiger partial charge is 0.426 e. The van der Waals surface area contributed by atoms with Crippen LogP contribution in [0.2, 0.25) is 0 Å². The second-order valence-electron chi connectivity index (χ2n) is 6.33. The summed E-state index contributed by atoms with van der Waals surface area (Å²) >= 11 is 3.42. The molecule has 0 radical (unpaired) electrons. The zero-order valence-corrected chi connectivity index (χ0v) is 16.0. The predicted molar refractivity (Wildman–Crippen MR) is 104 cm³/mol. The Balaban J connectivity index is 1.80. The van der Waals surface area contributed by atoms with Gasteiger partial charge >= 0.3 is 5.97 Å². The van der Waals surface area contributed by atoms with E-state index in [0.717, 1.165) is 39.5 Å². The molecule has 3 aromatic rings. The number of carbonyl (C=O) groups excluding carboxylic acids is 1. The molecule has 0 fully saturated rings. The van der Waals surface area contributed by atoms with Gasteiger partial charge in [0, 0.05) is 28.1 Å². The van der Waals surface area contributed by atoms with Gasteiger partial charge in [0.15, 0.2) is 0 Å². The summed E-state index contributed by atoms with van der Waals surface area (Å²) in [6.07, 6.45) is 3.14. The van der Waals surface area contributed by atoms with E-state index in [4.69, 9.17) is 4.74 Å². The van der Waals surface area contributed by atoms with E-state index >= 15 is 0 Å². The van der Waals surface area contributed by atoms with Crippen LogP contribution >= 0.6 is 15.9 Å². The van der Waals surface area contributed by atoms with Crippen LogP contribution in [0, 0.1) is 0 Å². The molecule has 0 amide bonds. The summed E-state index contributed by atoms with van der Waals surface area (Å²) in [5, 5.41) is 0.993. The molecule has 0 saturated heterocycles. The van der Waals surface area contributed by atoms with Crippen LogP contribution in [0.4, 0.5) is 0 Å². The van der Waals surface area contributed by atoms with Crippen molar-refractivity contribution in [1.82, 2.24) is 9.88 Å². The van der Waals surface area contributed by atoms with Gasteiger partial charge in [-0.15, -0.1) is 0 Å². The van der Waals surface area contributed by atoms with Crippen LogP contribution in [0.3, 0.4) is 0 Å². The number of carbonyl (C=O) groups is 1. The van der Waals surface area contributed by atoms with Gasteiger partial charge in [-0.3, -0.25) is 4.79 Å². The summed E-state index contributed by atoms with van der Waals surface area (Å²) in [6, 6.07) is 13.5. The summed E-state index contributed by atoms with van der Waals surface area (Å²) in [6.45, 7) is 0.938. The van der Waals surface area contributed by atoms with Crippen LogP contribution in [0.25, 0.3) is 10.9 Å². The van der Waals surface area contributed by atoms with Crippen LogP contribution in [0.1, 0.15) is 11.1 Å². The van der Waals surface area contributed by atoms with E-state index in [1.54, 1.807) is 0 Å². The van der Waals surface area contributed by atoms with Gasteiger partial charge in [-0.05, 0) is 55.9 Å². The van der Waals surface area contributed by atoms with Gasteiger partial charge in [0.1, 0.15) is 5.75 Å². The molecule has 4 nitrogen and oxygen atoms in total. The normalized spacial score (nSPS) is 11.2. The fourth-order valence-corrected chi connectivity index (χ4v) is 3.26. The lowest BCUT2D eigenvalue weighted by atomic mass is 10.1. The monoisotopic (exact) mass is 400 g/mol. The first-order chi connectivity index (χ1) is 12.0. The zero-order chi connectivity index (χ0) is 17.8. The predicted octanol–water partition coefficient (Wildman–Crippen LogP) is 4.18. The van der Waals surface area contributed by atoms with Gasteiger partial charge in [0.2, 0.25) is 0 Å². The molecule has 0 atom stereocenters. The van der Waals surface area contributed by atoms with Crippen molar-refractivity contribution < 1.29 is 9.53 Å². The summed E-state index contributed by atoms with van der Waals surface area (Å²) in [7, 11) is 4.10. The molecule has 2 aromatic carbocycles. The molecule has 1 aromatic heterocycles. The van der Waals surface area contributed by atoms with Crippen LogP contribution in [0.15, 0.2) is 53.1 Å². The lowest BCUT2D eigenvalue weighted by molar-refractivity contribution is -0.133. The van der Waals surface area contributed by atoms with E-state index in [0.29, 0.717) is 5.75 Å². The first kappa shape index (κ1) is 17.7. The molecule has 5 heteroatoms. The number of rotatable bonds is 6. The fourth-order valence-electron chi connectivity index (χ4n) is 2.82. The third-order valence-corrected chi connectivity index (χ3v) is 4.53. The standard InChI is InChI=1S/C20H21BrN2O2/c1-23(2)10-9-15-13-22-17-7-4-8-18(20(15)17)25-19(24)12-14-5-3-6-16(21)11-14/h3-8,11,13,22H,9-10,12H2,1-2H3. The highest BCUT2D eigenvalue weighted by Crippen LogP contribution is 2.29. The van der Waals surface area contributed by atoms with E-state index in [-0.39, 0.29) is 12.4 Å². The molecule has 0 aliphatic carbocycles. The Labute approximate surface area is 155 Å². The SMILES string of the molecule is CN(C)CCc1c[nH]c2cccc(OC(=O)Cc3cccc(Br)c3)c12. The molecule has 0 unspecified atom stereocenters. The van der Waals surface area contributed by atoms with Crippen molar-refractivity contribution in [3.63, 3.8) is 0 Å². The molecule has 25 heavy (non-hydrogen) atoms. The Morgan fingerprint density at radius 1 is 1.20 bits per heavy atom. The van der Waals surface area contributed by atoms with Crippen LogP contribution in [-0.4, -0.2) is 36.5 Å². The van der Waals surface area contributed by atoms with Crippen molar-refractivity contribution in [2.45, 2.75) is 12.8 Å². The van der Waals surface area contributed by atoms with Crippen molar-refractivity contribution in [1.29, 1.82) is 0 Å². The highest BCUT2D eigenvalue weighted by atomic mass is 79.9. The van der Waals surface area contributed by atoms with E-state index in [1.807, 2.05) is 62.8 Å². The second kappa shape index (κ2) is 7.85. The Bertz CT molecular complexity index is 886. The van der Waals surface area contributed by atoms with Gasteiger partial charge in [-0.1, -0.05) is 34.1 Å². The maximum atomic E-state index is 12.4. The lowest BCUT2D eigenvalue weighted by Crippen LogP contribution is -2.15. The maximum absolute atomic E-state index is 12.4. The van der Waals surface area contributed by atoms with E-state index < -0.39 is 0 Å². The number of benzene rings is 2. The number of ether oxygens (including phenoxy) is 1. The Kier molecular flexibility index (Phi) is 5.56. The van der Waals surface area contributed by atoms with Gasteiger partial charge in [-0.25, -0.2) is 0 Å². The number of esters is 1. The number of aromatic amines is 1. The first-order valence-corrected chi connectivity index (χ1v) is 9.01. The van der Waals surface area contributed by atoms with Crippen molar-refractivity contribution in [3.8, 4) is 5.75 Å². The minimum absolute atomic E-state index is 0.243. The van der Waals surface area contributed by atoms with Gasteiger partial charge in [0.25, 0.3) is 0 Å². The highest BCUT2D eigenvalue weighted by Gasteiger charge is 2.13. The number of H-pyrrole nitrogens is 1. The smallest absolute Gasteiger partial charge is 0.315 e. The molecule has 0 spiro atoms. The number of fused-ring (bicyclic) bond motifs is 1. The van der Waals surface area contributed by atoms with Gasteiger partial charge < -0.3 is 14.6 Å². The van der Waals surface area contributed by atoms with Crippen LogP contribution in [-0.2, 0) is 17.6 Å². The third-order valence-electron chi connectivity index (χ3n) is 4.04. The molecule has 0 saturated carbocycles. The van der Waals surface area contributed by atoms with Crippen molar-refractivity contribution in [3.05, 3.63) is 64.3 Å². The summed E-state index contributed by atoms with van der Waals surface area (Å²) in [4.78, 5) is 17.8. The topological polar surface area (TPSA) is 45.3 Å². The highest BCUT2D eigenvalue weighted by molar-refractivity contribution is 9.10. The molecule has 1 heterocycles. The number of halogens is 1.